The largest absolute Gasteiger partial charge is 0.345 e. The van der Waals surface area contributed by atoms with E-state index < -0.39 is 9.84 Å². The lowest BCUT2D eigenvalue weighted by Crippen LogP contribution is -2.18. The van der Waals surface area contributed by atoms with E-state index >= 15 is 0 Å². The van der Waals surface area contributed by atoms with E-state index in [2.05, 4.69) is 22.8 Å². The first kappa shape index (κ1) is 15.2. The molecule has 0 N–H and O–H groups in total. The van der Waals surface area contributed by atoms with Gasteiger partial charge < -0.3 is 4.90 Å². The van der Waals surface area contributed by atoms with Crippen molar-refractivity contribution in [2.45, 2.75) is 18.0 Å². The molecule has 1 aromatic heterocycles. The fourth-order valence-electron chi connectivity index (χ4n) is 2.57. The molecule has 0 amide bonds. The Bertz CT molecular complexity index is 945. The number of sulfone groups is 1. The van der Waals surface area contributed by atoms with Crippen LogP contribution in [0.25, 0.3) is 6.08 Å². The standard InChI is InChI=1S/C16H14N4O2S/c1-3-14-6-12(8-17)16(19-18-14)20-9-11-4-5-15(23(2,21)22)7-13(11)10-20/h3-7H,1,9-10H2,2H3. The van der Waals surface area contributed by atoms with Crippen LogP contribution in [0.15, 0.2) is 35.7 Å². The fourth-order valence-corrected chi connectivity index (χ4v) is 3.24. The highest BCUT2D eigenvalue weighted by atomic mass is 32.2. The van der Waals surface area contributed by atoms with Crippen LogP contribution in [0.3, 0.4) is 0 Å². The monoisotopic (exact) mass is 326 g/mol. The third-order valence-corrected chi connectivity index (χ3v) is 4.86. The summed E-state index contributed by atoms with van der Waals surface area (Å²) in [4.78, 5) is 2.21. The summed E-state index contributed by atoms with van der Waals surface area (Å²) in [7, 11) is -3.24. The van der Waals surface area contributed by atoms with E-state index in [0.29, 0.717) is 35.1 Å². The lowest BCUT2D eigenvalue weighted by Gasteiger charge is -2.16. The van der Waals surface area contributed by atoms with Gasteiger partial charge in [0.25, 0.3) is 0 Å². The topological polar surface area (TPSA) is 87.0 Å². The molecule has 0 radical (unpaired) electrons. The van der Waals surface area contributed by atoms with Gasteiger partial charge in [-0.15, -0.1) is 10.2 Å². The highest BCUT2D eigenvalue weighted by molar-refractivity contribution is 7.90. The average Bonchev–Trinajstić information content (AvgIpc) is 2.96. The number of hydrogen-bond acceptors (Lipinski definition) is 6. The first-order valence-corrected chi connectivity index (χ1v) is 8.78. The molecule has 2 aromatic rings. The predicted molar refractivity (Wildman–Crippen MR) is 86.3 cm³/mol. The molecule has 7 heteroatoms. The smallest absolute Gasteiger partial charge is 0.175 e. The maximum absolute atomic E-state index is 11.7. The van der Waals surface area contributed by atoms with E-state index in [9.17, 15) is 13.7 Å². The molecule has 2 heterocycles. The average molecular weight is 326 g/mol. The molecule has 6 nitrogen and oxygen atoms in total. The molecular weight excluding hydrogens is 312 g/mol. The van der Waals surface area contributed by atoms with Gasteiger partial charge in [0, 0.05) is 19.3 Å². The Morgan fingerprint density at radius 1 is 1.26 bits per heavy atom. The molecule has 0 saturated carbocycles. The summed E-state index contributed by atoms with van der Waals surface area (Å²) in [6.45, 7) is 4.68. The number of rotatable bonds is 3. The highest BCUT2D eigenvalue weighted by Crippen LogP contribution is 2.30. The van der Waals surface area contributed by atoms with Crippen molar-refractivity contribution in [2.75, 3.05) is 11.2 Å². The minimum atomic E-state index is -3.24. The van der Waals surface area contributed by atoms with Gasteiger partial charge in [-0.25, -0.2) is 8.42 Å². The van der Waals surface area contributed by atoms with Gasteiger partial charge in [0.15, 0.2) is 15.7 Å². The molecule has 23 heavy (non-hydrogen) atoms. The van der Waals surface area contributed by atoms with Crippen LogP contribution in [-0.4, -0.2) is 24.9 Å². The van der Waals surface area contributed by atoms with Gasteiger partial charge >= 0.3 is 0 Å². The van der Waals surface area contributed by atoms with E-state index in [1.807, 2.05) is 11.0 Å². The molecule has 1 aliphatic heterocycles. The van der Waals surface area contributed by atoms with Gasteiger partial charge in [0.1, 0.15) is 6.07 Å². The Morgan fingerprint density at radius 2 is 2.00 bits per heavy atom. The third kappa shape index (κ3) is 2.81. The number of nitriles is 1. The predicted octanol–water partition coefficient (Wildman–Crippen LogP) is 1.91. The highest BCUT2D eigenvalue weighted by Gasteiger charge is 2.24. The second-order valence-corrected chi connectivity index (χ2v) is 7.40. The second-order valence-electron chi connectivity index (χ2n) is 5.38. The van der Waals surface area contributed by atoms with Gasteiger partial charge in [-0.3, -0.25) is 0 Å². The zero-order valence-corrected chi connectivity index (χ0v) is 13.3. The van der Waals surface area contributed by atoms with Crippen molar-refractivity contribution in [1.29, 1.82) is 5.26 Å². The molecule has 0 atom stereocenters. The molecule has 0 aliphatic carbocycles. The van der Waals surface area contributed by atoms with E-state index in [1.165, 1.54) is 12.3 Å². The molecule has 0 bridgehead atoms. The van der Waals surface area contributed by atoms with Gasteiger partial charge in [0.2, 0.25) is 0 Å². The Kier molecular flexibility index (Phi) is 3.62. The molecule has 1 aromatic carbocycles. The Hall–Kier alpha value is -2.72. The van der Waals surface area contributed by atoms with Crippen molar-refractivity contribution in [3.63, 3.8) is 0 Å². The molecule has 0 unspecified atom stereocenters. The van der Waals surface area contributed by atoms with Crippen molar-refractivity contribution in [3.8, 4) is 6.07 Å². The van der Waals surface area contributed by atoms with E-state index in [-0.39, 0.29) is 0 Å². The van der Waals surface area contributed by atoms with E-state index in [1.54, 1.807) is 18.2 Å². The van der Waals surface area contributed by atoms with Crippen LogP contribution in [0.4, 0.5) is 5.82 Å². The lowest BCUT2D eigenvalue weighted by atomic mass is 10.1. The second kappa shape index (κ2) is 5.48. The number of benzene rings is 1. The summed E-state index contributed by atoms with van der Waals surface area (Å²) in [5.74, 6) is 0.496. The first-order valence-electron chi connectivity index (χ1n) is 6.89. The molecule has 0 fully saturated rings. The summed E-state index contributed by atoms with van der Waals surface area (Å²) in [5, 5.41) is 17.4. The summed E-state index contributed by atoms with van der Waals surface area (Å²) in [6.07, 6.45) is 2.73. The van der Waals surface area contributed by atoms with Gasteiger partial charge in [-0.2, -0.15) is 5.26 Å². The lowest BCUT2D eigenvalue weighted by molar-refractivity contribution is 0.602. The van der Waals surface area contributed by atoms with Crippen LogP contribution in [0, 0.1) is 11.3 Å². The van der Waals surface area contributed by atoms with Crippen molar-refractivity contribution in [3.05, 3.63) is 53.2 Å². The normalized spacial score (nSPS) is 13.5. The van der Waals surface area contributed by atoms with Crippen molar-refractivity contribution >= 4 is 21.7 Å². The van der Waals surface area contributed by atoms with Crippen LogP contribution < -0.4 is 4.90 Å². The fraction of sp³-hybridized carbons (Fsp3) is 0.188. The molecule has 0 saturated heterocycles. The Balaban J connectivity index is 1.97. The molecule has 3 rings (SSSR count). The molecular formula is C16H14N4O2S. The quantitative estimate of drug-likeness (QED) is 0.856. The van der Waals surface area contributed by atoms with Gasteiger partial charge in [0.05, 0.1) is 16.2 Å². The van der Waals surface area contributed by atoms with Crippen molar-refractivity contribution in [1.82, 2.24) is 10.2 Å². The summed E-state index contributed by atoms with van der Waals surface area (Å²) in [5.41, 5.74) is 2.91. The summed E-state index contributed by atoms with van der Waals surface area (Å²) < 4.78 is 23.3. The maximum atomic E-state index is 11.7. The van der Waals surface area contributed by atoms with Crippen molar-refractivity contribution < 1.29 is 8.42 Å². The number of fused-ring (bicyclic) bond motifs is 1. The maximum Gasteiger partial charge on any atom is 0.175 e. The van der Waals surface area contributed by atoms with E-state index in [0.717, 1.165) is 11.1 Å². The van der Waals surface area contributed by atoms with Crippen LogP contribution in [0.2, 0.25) is 0 Å². The van der Waals surface area contributed by atoms with E-state index in [4.69, 9.17) is 0 Å². The Labute approximate surface area is 134 Å². The number of aromatic nitrogens is 2. The Morgan fingerprint density at radius 3 is 2.65 bits per heavy atom. The summed E-state index contributed by atoms with van der Waals surface area (Å²) in [6, 6.07) is 8.86. The zero-order chi connectivity index (χ0) is 16.6. The molecule has 0 spiro atoms. The first-order chi connectivity index (χ1) is 10.9. The SMILES string of the molecule is C=Cc1cc(C#N)c(N2Cc3ccc(S(C)(=O)=O)cc3C2)nn1. The van der Waals surface area contributed by atoms with Crippen LogP contribution in [-0.2, 0) is 22.9 Å². The van der Waals surface area contributed by atoms with Crippen molar-refractivity contribution in [2.24, 2.45) is 0 Å². The minimum absolute atomic E-state index is 0.298. The molecule has 1 aliphatic rings. The number of anilines is 1. The van der Waals surface area contributed by atoms with Crippen LogP contribution in [0.1, 0.15) is 22.4 Å². The van der Waals surface area contributed by atoms with Gasteiger partial charge in [-0.1, -0.05) is 12.6 Å². The number of nitrogens with zero attached hydrogens (tertiary/aromatic N) is 4. The van der Waals surface area contributed by atoms with Crippen LogP contribution >= 0.6 is 0 Å². The molecule has 116 valence electrons. The zero-order valence-electron chi connectivity index (χ0n) is 12.5. The number of hydrogen-bond donors (Lipinski definition) is 0. The third-order valence-electron chi connectivity index (χ3n) is 3.75. The van der Waals surface area contributed by atoms with Gasteiger partial charge in [-0.05, 0) is 35.4 Å². The minimum Gasteiger partial charge on any atom is -0.345 e. The van der Waals surface area contributed by atoms with Crippen LogP contribution in [0.5, 0.6) is 0 Å². The summed E-state index contributed by atoms with van der Waals surface area (Å²) >= 11 is 0.